The minimum atomic E-state index is -4.28. The molecule has 1 atom stereocenters. The summed E-state index contributed by atoms with van der Waals surface area (Å²) in [5.41, 5.74) is 0.752. The predicted molar refractivity (Wildman–Crippen MR) is 44.7 cm³/mol. The summed E-state index contributed by atoms with van der Waals surface area (Å²) in [6.45, 7) is 0. The smallest absolute Gasteiger partial charge is 0.391 e. The third kappa shape index (κ3) is 4.28. The second-order valence-electron chi connectivity index (χ2n) is 2.81. The maximum atomic E-state index is 11.8. The summed E-state index contributed by atoms with van der Waals surface area (Å²) < 4.78 is 35.3. The van der Waals surface area contributed by atoms with Crippen LogP contribution in [-0.4, -0.2) is 17.4 Å². The summed E-state index contributed by atoms with van der Waals surface area (Å²) in [5.74, 6) is 0. The molecular weight excluding hydrogens is 201 g/mol. The molecule has 0 fully saturated rings. The summed E-state index contributed by atoms with van der Waals surface area (Å²) in [6.07, 6.45) is -6.67. The van der Waals surface area contributed by atoms with Crippen LogP contribution in [-0.2, 0) is 6.42 Å². The average molecular weight is 210 g/mol. The van der Waals surface area contributed by atoms with Crippen molar-refractivity contribution < 1.29 is 18.3 Å². The van der Waals surface area contributed by atoms with Gasteiger partial charge in [0.15, 0.2) is 0 Å². The maximum absolute atomic E-state index is 11.8. The van der Waals surface area contributed by atoms with Crippen molar-refractivity contribution in [1.82, 2.24) is 0 Å². The van der Waals surface area contributed by atoms with E-state index in [1.807, 2.05) is 0 Å². The molecule has 0 saturated carbocycles. The standard InChI is InChI=1S/C8H9F3OS/c9-8(10,11)4-7(12)3-6-1-2-13-5-6/h1-2,5,7,12H,3-4H2. The highest BCUT2D eigenvalue weighted by Crippen LogP contribution is 2.23. The van der Waals surface area contributed by atoms with Crippen LogP contribution < -0.4 is 0 Å². The fraction of sp³-hybridized carbons (Fsp3) is 0.500. The van der Waals surface area contributed by atoms with Crippen LogP contribution in [0.5, 0.6) is 0 Å². The van der Waals surface area contributed by atoms with Crippen LogP contribution in [0.2, 0.25) is 0 Å². The minimum absolute atomic E-state index is 0.0724. The van der Waals surface area contributed by atoms with E-state index in [0.29, 0.717) is 0 Å². The zero-order chi connectivity index (χ0) is 9.90. The molecule has 0 spiro atoms. The van der Waals surface area contributed by atoms with Crippen molar-refractivity contribution in [3.63, 3.8) is 0 Å². The molecule has 1 aromatic rings. The molecule has 0 aliphatic carbocycles. The molecule has 0 aromatic carbocycles. The van der Waals surface area contributed by atoms with Crippen molar-refractivity contribution in [2.75, 3.05) is 0 Å². The van der Waals surface area contributed by atoms with Crippen LogP contribution >= 0.6 is 11.3 Å². The molecule has 1 N–H and O–H groups in total. The van der Waals surface area contributed by atoms with Gasteiger partial charge in [0.25, 0.3) is 0 Å². The molecule has 1 unspecified atom stereocenters. The molecule has 13 heavy (non-hydrogen) atoms. The SMILES string of the molecule is OC(Cc1ccsc1)CC(F)(F)F. The van der Waals surface area contributed by atoms with Gasteiger partial charge < -0.3 is 5.11 Å². The highest BCUT2D eigenvalue weighted by atomic mass is 32.1. The summed E-state index contributed by atoms with van der Waals surface area (Å²) in [5, 5.41) is 12.6. The maximum Gasteiger partial charge on any atom is 0.391 e. The predicted octanol–water partition coefficient (Wildman–Crippen LogP) is 2.60. The molecule has 0 saturated heterocycles. The van der Waals surface area contributed by atoms with Crippen LogP contribution in [0, 0.1) is 0 Å². The molecule has 74 valence electrons. The van der Waals surface area contributed by atoms with E-state index in [0.717, 1.165) is 5.56 Å². The van der Waals surface area contributed by atoms with E-state index in [1.165, 1.54) is 11.3 Å². The molecule has 1 nitrogen and oxygen atoms in total. The number of thiophene rings is 1. The van der Waals surface area contributed by atoms with E-state index in [2.05, 4.69) is 0 Å². The number of alkyl halides is 3. The lowest BCUT2D eigenvalue weighted by atomic mass is 10.1. The van der Waals surface area contributed by atoms with E-state index >= 15 is 0 Å². The molecule has 0 aliphatic rings. The Bertz CT molecular complexity index is 242. The fourth-order valence-corrected chi connectivity index (χ4v) is 1.70. The van der Waals surface area contributed by atoms with Gasteiger partial charge in [-0.15, -0.1) is 0 Å². The Morgan fingerprint density at radius 2 is 2.15 bits per heavy atom. The summed E-state index contributed by atoms with van der Waals surface area (Å²) >= 11 is 1.41. The Labute approximate surface area is 77.8 Å². The van der Waals surface area contributed by atoms with Gasteiger partial charge in [0.1, 0.15) is 0 Å². The molecule has 0 radical (unpaired) electrons. The summed E-state index contributed by atoms with van der Waals surface area (Å²) in [7, 11) is 0. The van der Waals surface area contributed by atoms with Crippen molar-refractivity contribution in [1.29, 1.82) is 0 Å². The quantitative estimate of drug-likeness (QED) is 0.813. The lowest BCUT2D eigenvalue weighted by Gasteiger charge is -2.11. The van der Waals surface area contributed by atoms with Gasteiger partial charge in [-0.1, -0.05) is 0 Å². The molecule has 0 aliphatic heterocycles. The molecule has 1 aromatic heterocycles. The Hall–Kier alpha value is -0.550. The van der Waals surface area contributed by atoms with Crippen LogP contribution in [0.3, 0.4) is 0 Å². The first kappa shape index (κ1) is 10.5. The normalized spacial score (nSPS) is 14.5. The van der Waals surface area contributed by atoms with Crippen LogP contribution in [0.1, 0.15) is 12.0 Å². The molecule has 5 heteroatoms. The lowest BCUT2D eigenvalue weighted by molar-refractivity contribution is -0.153. The van der Waals surface area contributed by atoms with E-state index in [1.54, 1.807) is 16.8 Å². The van der Waals surface area contributed by atoms with Gasteiger partial charge in [-0.05, 0) is 28.8 Å². The minimum Gasteiger partial charge on any atom is -0.392 e. The average Bonchev–Trinajstić information content (AvgIpc) is 2.34. The van der Waals surface area contributed by atoms with Crippen LogP contribution in [0.4, 0.5) is 13.2 Å². The van der Waals surface area contributed by atoms with Crippen LogP contribution in [0.25, 0.3) is 0 Å². The van der Waals surface area contributed by atoms with Gasteiger partial charge in [-0.3, -0.25) is 0 Å². The summed E-state index contributed by atoms with van der Waals surface area (Å²) in [6, 6.07) is 1.71. The third-order valence-electron chi connectivity index (χ3n) is 1.52. The zero-order valence-electron chi connectivity index (χ0n) is 6.71. The largest absolute Gasteiger partial charge is 0.392 e. The van der Waals surface area contributed by atoms with Crippen LogP contribution in [0.15, 0.2) is 16.8 Å². The van der Waals surface area contributed by atoms with Gasteiger partial charge in [-0.25, -0.2) is 0 Å². The van der Waals surface area contributed by atoms with Gasteiger partial charge in [-0.2, -0.15) is 24.5 Å². The third-order valence-corrected chi connectivity index (χ3v) is 2.25. The molecule has 1 rings (SSSR count). The fourth-order valence-electron chi connectivity index (χ4n) is 1.02. The number of hydrogen-bond donors (Lipinski definition) is 1. The van der Waals surface area contributed by atoms with Crippen molar-refractivity contribution >= 4 is 11.3 Å². The topological polar surface area (TPSA) is 20.2 Å². The Morgan fingerprint density at radius 1 is 1.46 bits per heavy atom. The first-order valence-corrected chi connectivity index (χ1v) is 4.67. The number of hydrogen-bond acceptors (Lipinski definition) is 2. The summed E-state index contributed by atoms with van der Waals surface area (Å²) in [4.78, 5) is 0. The molecule has 0 bridgehead atoms. The van der Waals surface area contributed by atoms with E-state index in [9.17, 15) is 13.2 Å². The van der Waals surface area contributed by atoms with E-state index < -0.39 is 18.7 Å². The molecule has 1 heterocycles. The second kappa shape index (κ2) is 4.11. The number of rotatable bonds is 3. The van der Waals surface area contributed by atoms with E-state index in [-0.39, 0.29) is 6.42 Å². The zero-order valence-corrected chi connectivity index (χ0v) is 7.53. The van der Waals surface area contributed by atoms with E-state index in [4.69, 9.17) is 5.11 Å². The van der Waals surface area contributed by atoms with Gasteiger partial charge in [0, 0.05) is 0 Å². The number of aliphatic hydroxyl groups is 1. The number of halogens is 3. The van der Waals surface area contributed by atoms with Crippen molar-refractivity contribution in [3.05, 3.63) is 22.4 Å². The van der Waals surface area contributed by atoms with Crippen molar-refractivity contribution in [2.45, 2.75) is 25.1 Å². The molecule has 0 amide bonds. The van der Waals surface area contributed by atoms with Crippen molar-refractivity contribution in [3.8, 4) is 0 Å². The lowest BCUT2D eigenvalue weighted by Crippen LogP contribution is -2.20. The van der Waals surface area contributed by atoms with Gasteiger partial charge in [0.05, 0.1) is 12.5 Å². The highest BCUT2D eigenvalue weighted by molar-refractivity contribution is 7.07. The Balaban J connectivity index is 2.38. The van der Waals surface area contributed by atoms with Gasteiger partial charge >= 0.3 is 6.18 Å². The Kier molecular flexibility index (Phi) is 3.33. The first-order valence-electron chi connectivity index (χ1n) is 3.73. The second-order valence-corrected chi connectivity index (χ2v) is 3.59. The monoisotopic (exact) mass is 210 g/mol. The van der Waals surface area contributed by atoms with Gasteiger partial charge in [0.2, 0.25) is 0 Å². The van der Waals surface area contributed by atoms with Crippen molar-refractivity contribution in [2.24, 2.45) is 0 Å². The first-order chi connectivity index (χ1) is 5.97. The number of aliphatic hydroxyl groups excluding tert-OH is 1. The highest BCUT2D eigenvalue weighted by Gasteiger charge is 2.30. The Morgan fingerprint density at radius 3 is 2.62 bits per heavy atom. The molecular formula is C8H9F3OS.